The van der Waals surface area contributed by atoms with Crippen LogP contribution in [0.4, 0.5) is 4.39 Å². The summed E-state index contributed by atoms with van der Waals surface area (Å²) in [7, 11) is 0. The van der Waals surface area contributed by atoms with Crippen LogP contribution in [-0.4, -0.2) is 23.4 Å². The Morgan fingerprint density at radius 1 is 1.10 bits per heavy atom. The highest BCUT2D eigenvalue weighted by Gasteiger charge is 2.26. The zero-order valence-corrected chi connectivity index (χ0v) is 12.0. The summed E-state index contributed by atoms with van der Waals surface area (Å²) < 4.78 is 12.9. The lowest BCUT2D eigenvalue weighted by Crippen LogP contribution is -2.44. The summed E-state index contributed by atoms with van der Waals surface area (Å²) in [6.07, 6.45) is -0.764. The fourth-order valence-electron chi connectivity index (χ4n) is 2.18. The van der Waals surface area contributed by atoms with Gasteiger partial charge in [0.15, 0.2) is 0 Å². The minimum absolute atomic E-state index is 0.0901. The van der Waals surface area contributed by atoms with Crippen molar-refractivity contribution in [1.29, 1.82) is 0 Å². The Morgan fingerprint density at radius 3 is 2.29 bits per heavy atom. The van der Waals surface area contributed by atoms with Gasteiger partial charge in [-0.1, -0.05) is 42.5 Å². The third-order valence-electron chi connectivity index (χ3n) is 3.67. The molecule has 2 atom stereocenters. The van der Waals surface area contributed by atoms with Crippen molar-refractivity contribution in [2.24, 2.45) is 0 Å². The number of rotatable bonds is 6. The average Bonchev–Trinajstić information content (AvgIpc) is 2.54. The van der Waals surface area contributed by atoms with E-state index in [0.717, 1.165) is 5.56 Å². The van der Waals surface area contributed by atoms with Crippen LogP contribution < -0.4 is 5.32 Å². The van der Waals surface area contributed by atoms with E-state index in [1.165, 1.54) is 12.1 Å². The molecule has 0 spiro atoms. The molecule has 3 nitrogen and oxygen atoms in total. The number of hydrogen-bond acceptors (Lipinski definition) is 3. The zero-order valence-electron chi connectivity index (χ0n) is 12.0. The lowest BCUT2D eigenvalue weighted by Gasteiger charge is -2.30. The smallest absolute Gasteiger partial charge is 0.123 e. The van der Waals surface area contributed by atoms with Crippen molar-refractivity contribution in [3.8, 4) is 0 Å². The molecule has 0 aliphatic heterocycles. The third-order valence-corrected chi connectivity index (χ3v) is 3.67. The Labute approximate surface area is 124 Å². The first kappa shape index (κ1) is 15.6. The summed E-state index contributed by atoms with van der Waals surface area (Å²) in [5, 5.41) is 23.0. The Morgan fingerprint density at radius 2 is 1.71 bits per heavy atom. The first-order chi connectivity index (χ1) is 10.0. The summed E-state index contributed by atoms with van der Waals surface area (Å²) in [4.78, 5) is 0. The van der Waals surface area contributed by atoms with E-state index in [1.54, 1.807) is 12.1 Å². The van der Waals surface area contributed by atoms with Crippen LogP contribution in [0.2, 0.25) is 0 Å². The molecule has 0 saturated carbocycles. The lowest BCUT2D eigenvalue weighted by atomic mass is 9.92. The molecule has 0 aromatic heterocycles. The molecule has 0 bridgehead atoms. The molecule has 21 heavy (non-hydrogen) atoms. The minimum Gasteiger partial charge on any atom is -0.394 e. The van der Waals surface area contributed by atoms with Crippen molar-refractivity contribution in [1.82, 2.24) is 5.32 Å². The van der Waals surface area contributed by atoms with Gasteiger partial charge in [-0.05, 0) is 30.2 Å². The molecule has 0 aliphatic rings. The SMILES string of the molecule is CC(CO)(NCC(O)c1ccc(F)cc1)c1ccccc1. The van der Waals surface area contributed by atoms with E-state index in [4.69, 9.17) is 0 Å². The number of aliphatic hydroxyl groups excluding tert-OH is 2. The topological polar surface area (TPSA) is 52.5 Å². The molecular formula is C17H20FNO2. The Hall–Kier alpha value is -1.75. The molecule has 0 aliphatic carbocycles. The maximum absolute atomic E-state index is 12.9. The van der Waals surface area contributed by atoms with E-state index < -0.39 is 11.6 Å². The highest BCUT2D eigenvalue weighted by Crippen LogP contribution is 2.21. The first-order valence-corrected chi connectivity index (χ1v) is 6.90. The number of aliphatic hydroxyl groups is 2. The molecule has 0 fully saturated rings. The molecule has 3 N–H and O–H groups in total. The van der Waals surface area contributed by atoms with Gasteiger partial charge < -0.3 is 15.5 Å². The van der Waals surface area contributed by atoms with Crippen molar-refractivity contribution in [3.63, 3.8) is 0 Å². The quantitative estimate of drug-likeness (QED) is 0.765. The summed E-state index contributed by atoms with van der Waals surface area (Å²) in [6, 6.07) is 15.3. The van der Waals surface area contributed by atoms with Gasteiger partial charge in [0.05, 0.1) is 18.2 Å². The van der Waals surface area contributed by atoms with E-state index in [2.05, 4.69) is 5.32 Å². The van der Waals surface area contributed by atoms with Gasteiger partial charge in [0, 0.05) is 6.54 Å². The Bertz CT molecular complexity index is 559. The fourth-order valence-corrected chi connectivity index (χ4v) is 2.18. The molecule has 0 heterocycles. The monoisotopic (exact) mass is 289 g/mol. The van der Waals surface area contributed by atoms with Crippen molar-refractivity contribution in [2.75, 3.05) is 13.2 Å². The van der Waals surface area contributed by atoms with Gasteiger partial charge in [0.1, 0.15) is 5.82 Å². The number of benzene rings is 2. The maximum Gasteiger partial charge on any atom is 0.123 e. The number of hydrogen-bond donors (Lipinski definition) is 3. The first-order valence-electron chi connectivity index (χ1n) is 6.90. The van der Waals surface area contributed by atoms with Crippen LogP contribution in [-0.2, 0) is 5.54 Å². The zero-order chi connectivity index (χ0) is 15.3. The summed E-state index contributed by atoms with van der Waals surface area (Å²) in [6.45, 7) is 2.05. The minimum atomic E-state index is -0.764. The van der Waals surface area contributed by atoms with Crippen LogP contribution in [0.3, 0.4) is 0 Å². The molecule has 112 valence electrons. The van der Waals surface area contributed by atoms with E-state index in [9.17, 15) is 14.6 Å². The molecular weight excluding hydrogens is 269 g/mol. The van der Waals surface area contributed by atoms with Gasteiger partial charge in [0.2, 0.25) is 0 Å². The maximum atomic E-state index is 12.9. The van der Waals surface area contributed by atoms with Crippen molar-refractivity contribution < 1.29 is 14.6 Å². The van der Waals surface area contributed by atoms with Crippen LogP contribution in [0, 0.1) is 5.82 Å². The Kier molecular flexibility index (Phi) is 5.07. The van der Waals surface area contributed by atoms with Gasteiger partial charge in [-0.2, -0.15) is 0 Å². The van der Waals surface area contributed by atoms with Crippen LogP contribution >= 0.6 is 0 Å². The Balaban J connectivity index is 2.04. The summed E-state index contributed by atoms with van der Waals surface area (Å²) in [5.41, 5.74) is 0.943. The molecule has 0 radical (unpaired) electrons. The normalized spacial score (nSPS) is 15.4. The standard InChI is InChI=1S/C17H20FNO2/c1-17(12-20,14-5-3-2-4-6-14)19-11-16(21)13-7-9-15(18)10-8-13/h2-10,16,19-21H,11-12H2,1H3. The molecule has 4 heteroatoms. The molecule has 2 aromatic carbocycles. The van der Waals surface area contributed by atoms with Crippen molar-refractivity contribution in [3.05, 3.63) is 71.5 Å². The predicted molar refractivity (Wildman–Crippen MR) is 80.2 cm³/mol. The highest BCUT2D eigenvalue weighted by molar-refractivity contribution is 5.24. The summed E-state index contributed by atoms with van der Waals surface area (Å²) in [5.74, 6) is -0.330. The molecule has 2 unspecified atom stereocenters. The van der Waals surface area contributed by atoms with E-state index in [-0.39, 0.29) is 19.0 Å². The van der Waals surface area contributed by atoms with E-state index in [0.29, 0.717) is 5.56 Å². The van der Waals surface area contributed by atoms with E-state index in [1.807, 2.05) is 37.3 Å². The van der Waals surface area contributed by atoms with Crippen molar-refractivity contribution in [2.45, 2.75) is 18.6 Å². The van der Waals surface area contributed by atoms with Gasteiger partial charge in [0.25, 0.3) is 0 Å². The lowest BCUT2D eigenvalue weighted by molar-refractivity contribution is 0.128. The predicted octanol–water partition coefficient (Wildman–Crippen LogP) is 2.36. The van der Waals surface area contributed by atoms with Crippen LogP contribution in [0.5, 0.6) is 0 Å². The molecule has 2 aromatic rings. The number of nitrogens with one attached hydrogen (secondary N) is 1. The largest absolute Gasteiger partial charge is 0.394 e. The third kappa shape index (κ3) is 3.88. The second-order valence-electron chi connectivity index (χ2n) is 5.30. The molecule has 0 amide bonds. The van der Waals surface area contributed by atoms with Gasteiger partial charge in [-0.25, -0.2) is 4.39 Å². The van der Waals surface area contributed by atoms with Gasteiger partial charge in [-0.3, -0.25) is 0 Å². The van der Waals surface area contributed by atoms with Crippen LogP contribution in [0.15, 0.2) is 54.6 Å². The van der Waals surface area contributed by atoms with Crippen LogP contribution in [0.25, 0.3) is 0 Å². The highest BCUT2D eigenvalue weighted by atomic mass is 19.1. The fraction of sp³-hybridized carbons (Fsp3) is 0.294. The second-order valence-corrected chi connectivity index (χ2v) is 5.30. The van der Waals surface area contributed by atoms with Crippen LogP contribution in [0.1, 0.15) is 24.2 Å². The molecule has 0 saturated heterocycles. The van der Waals surface area contributed by atoms with Gasteiger partial charge >= 0.3 is 0 Å². The van der Waals surface area contributed by atoms with Crippen molar-refractivity contribution >= 4 is 0 Å². The van der Waals surface area contributed by atoms with E-state index >= 15 is 0 Å². The second kappa shape index (κ2) is 6.80. The average molecular weight is 289 g/mol. The molecule has 2 rings (SSSR count). The number of halogens is 1. The van der Waals surface area contributed by atoms with Gasteiger partial charge in [-0.15, -0.1) is 0 Å². The summed E-state index contributed by atoms with van der Waals surface area (Å²) >= 11 is 0.